The van der Waals surface area contributed by atoms with E-state index >= 15 is 0 Å². The molecule has 4 rings (SSSR count). The van der Waals surface area contributed by atoms with E-state index in [9.17, 15) is 23.9 Å². The van der Waals surface area contributed by atoms with Gasteiger partial charge in [0.25, 0.3) is 11.5 Å². The first-order chi connectivity index (χ1) is 14.7. The number of halogens is 1. The molecule has 3 aromatic heterocycles. The fraction of sp³-hybridized carbons (Fsp3) is 0.222. The van der Waals surface area contributed by atoms with Gasteiger partial charge in [-0.2, -0.15) is 4.80 Å². The summed E-state index contributed by atoms with van der Waals surface area (Å²) < 4.78 is 20.6. The third-order valence-corrected chi connectivity index (χ3v) is 4.59. The van der Waals surface area contributed by atoms with Crippen molar-refractivity contribution >= 4 is 16.9 Å². The van der Waals surface area contributed by atoms with Gasteiger partial charge in [-0.05, 0) is 29.5 Å². The Bertz CT molecular complexity index is 1420. The van der Waals surface area contributed by atoms with Crippen LogP contribution in [0.15, 0.2) is 44.5 Å². The Labute approximate surface area is 171 Å². The number of fused-ring (bicyclic) bond motifs is 1. The van der Waals surface area contributed by atoms with Gasteiger partial charge in [-0.1, -0.05) is 0 Å². The van der Waals surface area contributed by atoms with Crippen molar-refractivity contribution in [2.24, 2.45) is 12.8 Å². The molecule has 160 valence electrons. The summed E-state index contributed by atoms with van der Waals surface area (Å²) in [4.78, 5) is 36.7. The van der Waals surface area contributed by atoms with E-state index in [1.54, 1.807) is 0 Å². The molecule has 0 saturated heterocycles. The van der Waals surface area contributed by atoms with E-state index in [4.69, 9.17) is 10.2 Å². The van der Waals surface area contributed by atoms with Crippen LogP contribution in [0.4, 0.5) is 4.39 Å². The van der Waals surface area contributed by atoms with Gasteiger partial charge in [0.1, 0.15) is 28.8 Å². The highest BCUT2D eigenvalue weighted by molar-refractivity contribution is 5.92. The standard InChI is InChI=1S/C18H16FN7O5/c1-24-17(29)11(16(20)28)6-25(18(24)30)8-15-21-23-26(22-15)7-12(27)14-5-9-4-10(19)2-3-13(9)31-14/h2-6,12,27H,7-8H2,1H3,(H2,20,28)/t12-/m0/s1. The molecule has 0 bridgehead atoms. The number of furan rings is 1. The number of nitrogens with two attached hydrogens (primary N) is 1. The van der Waals surface area contributed by atoms with Gasteiger partial charge in [-0.25, -0.2) is 9.18 Å². The second-order valence-electron chi connectivity index (χ2n) is 6.79. The number of carbonyl (C=O) groups excluding carboxylic acids is 1. The van der Waals surface area contributed by atoms with Crippen molar-refractivity contribution in [3.8, 4) is 0 Å². The molecule has 0 unspecified atom stereocenters. The van der Waals surface area contributed by atoms with Crippen molar-refractivity contribution < 1.29 is 18.7 Å². The summed E-state index contributed by atoms with van der Waals surface area (Å²) in [6.45, 7) is -0.308. The Kier molecular flexibility index (Phi) is 4.94. The molecule has 3 heterocycles. The van der Waals surface area contributed by atoms with Gasteiger partial charge in [0.2, 0.25) is 0 Å². The van der Waals surface area contributed by atoms with E-state index in [0.29, 0.717) is 11.0 Å². The fourth-order valence-corrected chi connectivity index (χ4v) is 3.02. The topological polar surface area (TPSA) is 164 Å². The Balaban J connectivity index is 1.54. The molecule has 1 aromatic carbocycles. The normalized spacial score (nSPS) is 12.4. The lowest BCUT2D eigenvalue weighted by Crippen LogP contribution is -2.42. The summed E-state index contributed by atoms with van der Waals surface area (Å²) in [5, 5.41) is 22.6. The van der Waals surface area contributed by atoms with Crippen molar-refractivity contribution in [1.82, 2.24) is 29.3 Å². The maximum Gasteiger partial charge on any atom is 0.331 e. The number of aliphatic hydroxyl groups is 1. The average Bonchev–Trinajstić information content (AvgIpc) is 3.34. The van der Waals surface area contributed by atoms with Crippen molar-refractivity contribution in [2.75, 3.05) is 0 Å². The van der Waals surface area contributed by atoms with Gasteiger partial charge in [0.15, 0.2) is 5.82 Å². The fourth-order valence-electron chi connectivity index (χ4n) is 3.02. The maximum atomic E-state index is 13.3. The summed E-state index contributed by atoms with van der Waals surface area (Å²) in [6.07, 6.45) is -0.102. The van der Waals surface area contributed by atoms with E-state index in [1.807, 2.05) is 0 Å². The number of benzene rings is 1. The molecule has 0 saturated carbocycles. The number of hydrogen-bond acceptors (Lipinski definition) is 8. The smallest absolute Gasteiger partial charge is 0.331 e. The zero-order chi connectivity index (χ0) is 22.3. The highest BCUT2D eigenvalue weighted by Gasteiger charge is 2.18. The zero-order valence-corrected chi connectivity index (χ0v) is 16.1. The van der Waals surface area contributed by atoms with Gasteiger partial charge in [0.05, 0.1) is 13.1 Å². The highest BCUT2D eigenvalue weighted by Crippen LogP contribution is 2.25. The van der Waals surface area contributed by atoms with Gasteiger partial charge in [-0.15, -0.1) is 10.2 Å². The van der Waals surface area contributed by atoms with Crippen LogP contribution in [0.1, 0.15) is 28.0 Å². The lowest BCUT2D eigenvalue weighted by atomic mass is 10.2. The molecule has 31 heavy (non-hydrogen) atoms. The van der Waals surface area contributed by atoms with Crippen molar-refractivity contribution in [2.45, 2.75) is 19.2 Å². The van der Waals surface area contributed by atoms with Crippen LogP contribution in [0.25, 0.3) is 11.0 Å². The summed E-state index contributed by atoms with van der Waals surface area (Å²) in [6, 6.07) is 5.50. The number of carbonyl (C=O) groups is 1. The number of primary amides is 1. The number of nitrogens with zero attached hydrogens (tertiary/aromatic N) is 6. The lowest BCUT2D eigenvalue weighted by Gasteiger charge is -2.07. The first-order valence-corrected chi connectivity index (χ1v) is 8.97. The Morgan fingerprint density at radius 2 is 2.10 bits per heavy atom. The lowest BCUT2D eigenvalue weighted by molar-refractivity contribution is 0.0997. The summed E-state index contributed by atoms with van der Waals surface area (Å²) in [7, 11) is 1.22. The third-order valence-electron chi connectivity index (χ3n) is 4.59. The van der Waals surface area contributed by atoms with Crippen LogP contribution in [0.2, 0.25) is 0 Å². The van der Waals surface area contributed by atoms with Crippen molar-refractivity contribution in [3.63, 3.8) is 0 Å². The number of tetrazole rings is 1. The predicted octanol–water partition coefficient (Wildman–Crippen LogP) is -0.700. The van der Waals surface area contributed by atoms with Crippen LogP contribution in [0, 0.1) is 5.82 Å². The quantitative estimate of drug-likeness (QED) is 0.406. The molecular weight excluding hydrogens is 413 g/mol. The minimum atomic E-state index is -1.14. The molecule has 4 aromatic rings. The molecule has 0 spiro atoms. The van der Waals surface area contributed by atoms with Crippen molar-refractivity contribution in [3.05, 3.63) is 74.3 Å². The summed E-state index contributed by atoms with van der Waals surface area (Å²) >= 11 is 0. The first kappa shape index (κ1) is 20.2. The molecule has 0 fully saturated rings. The van der Waals surface area contributed by atoms with Crippen molar-refractivity contribution in [1.29, 1.82) is 0 Å². The SMILES string of the molecule is Cn1c(=O)c(C(N)=O)cn(Cc2nnn(C[C@H](O)c3cc4cc(F)ccc4o3)n2)c1=O. The second-order valence-corrected chi connectivity index (χ2v) is 6.79. The highest BCUT2D eigenvalue weighted by atomic mass is 19.1. The Morgan fingerprint density at radius 3 is 2.84 bits per heavy atom. The molecule has 0 aliphatic heterocycles. The predicted molar refractivity (Wildman–Crippen MR) is 103 cm³/mol. The number of amides is 1. The Hall–Kier alpha value is -4.13. The molecule has 1 atom stereocenters. The van der Waals surface area contributed by atoms with E-state index in [0.717, 1.165) is 20.1 Å². The average molecular weight is 429 g/mol. The van der Waals surface area contributed by atoms with Crippen LogP contribution in [0.3, 0.4) is 0 Å². The van der Waals surface area contributed by atoms with Gasteiger partial charge in [-0.3, -0.25) is 18.7 Å². The van der Waals surface area contributed by atoms with E-state index in [-0.39, 0.29) is 30.2 Å². The largest absolute Gasteiger partial charge is 0.458 e. The molecule has 0 aliphatic carbocycles. The number of aliphatic hydroxyl groups excluding tert-OH is 1. The number of rotatable bonds is 6. The number of aromatic nitrogens is 6. The van der Waals surface area contributed by atoms with E-state index < -0.39 is 29.1 Å². The van der Waals surface area contributed by atoms with Gasteiger partial charge >= 0.3 is 5.69 Å². The van der Waals surface area contributed by atoms with E-state index in [1.165, 1.54) is 31.3 Å². The molecular formula is C18H16FN7O5. The molecule has 1 amide bonds. The van der Waals surface area contributed by atoms with Crippen LogP contribution in [0.5, 0.6) is 0 Å². The maximum absolute atomic E-state index is 13.3. The summed E-state index contributed by atoms with van der Waals surface area (Å²) in [5.41, 5.74) is 3.74. The Morgan fingerprint density at radius 1 is 1.32 bits per heavy atom. The third kappa shape index (κ3) is 3.85. The van der Waals surface area contributed by atoms with Gasteiger partial charge < -0.3 is 15.3 Å². The van der Waals surface area contributed by atoms with Crippen LogP contribution in [-0.4, -0.2) is 40.4 Å². The van der Waals surface area contributed by atoms with E-state index in [2.05, 4.69) is 15.4 Å². The molecule has 3 N–H and O–H groups in total. The minimum Gasteiger partial charge on any atom is -0.458 e. The summed E-state index contributed by atoms with van der Waals surface area (Å²) in [5.74, 6) is -1.11. The monoisotopic (exact) mass is 429 g/mol. The second kappa shape index (κ2) is 7.60. The molecule has 13 heteroatoms. The zero-order valence-electron chi connectivity index (χ0n) is 16.1. The van der Waals surface area contributed by atoms with Crippen LogP contribution < -0.4 is 17.0 Å². The van der Waals surface area contributed by atoms with Gasteiger partial charge in [0, 0.05) is 18.6 Å². The molecule has 12 nitrogen and oxygen atoms in total. The number of hydrogen-bond donors (Lipinski definition) is 2. The minimum absolute atomic E-state index is 0.0926. The molecule has 0 aliphatic rings. The molecule has 0 radical (unpaired) electrons. The van der Waals surface area contributed by atoms with Crippen LogP contribution >= 0.6 is 0 Å². The first-order valence-electron chi connectivity index (χ1n) is 8.97. The van der Waals surface area contributed by atoms with Crippen LogP contribution in [-0.2, 0) is 20.1 Å².